The first-order valence-electron chi connectivity index (χ1n) is 4.82. The molecule has 0 radical (unpaired) electrons. The third-order valence-corrected chi connectivity index (χ3v) is 2.72. The zero-order valence-electron chi connectivity index (χ0n) is 8.22. The molecule has 14 heavy (non-hydrogen) atoms. The molecule has 0 aromatic heterocycles. The molecule has 1 aromatic carbocycles. The van der Waals surface area contributed by atoms with Crippen LogP contribution in [-0.2, 0) is 0 Å². The largest absolute Gasteiger partial charge is 0.492 e. The van der Waals surface area contributed by atoms with Gasteiger partial charge in [-0.05, 0) is 18.6 Å². The molecule has 0 aliphatic carbocycles. The van der Waals surface area contributed by atoms with Crippen molar-refractivity contribution in [2.75, 3.05) is 6.61 Å². The van der Waals surface area contributed by atoms with Crippen molar-refractivity contribution in [2.24, 2.45) is 0 Å². The van der Waals surface area contributed by atoms with Gasteiger partial charge in [-0.2, -0.15) is 0 Å². The molecular weight excluding hydrogens is 219 g/mol. The van der Waals surface area contributed by atoms with Gasteiger partial charge in [-0.25, -0.2) is 0 Å². The summed E-state index contributed by atoms with van der Waals surface area (Å²) in [5, 5.41) is 1.05. The van der Waals surface area contributed by atoms with E-state index in [-0.39, 0.29) is 0 Å². The molecule has 3 heteroatoms. The topological polar surface area (TPSA) is 9.23 Å². The SMILES string of the molecule is CCCCCOc1cccc(Cl)c1Cl. The van der Waals surface area contributed by atoms with E-state index in [0.29, 0.717) is 22.4 Å². The Kier molecular flexibility index (Phi) is 5.13. The molecular formula is C11H14Cl2O. The lowest BCUT2D eigenvalue weighted by molar-refractivity contribution is 0.306. The lowest BCUT2D eigenvalue weighted by atomic mass is 10.3. The summed E-state index contributed by atoms with van der Waals surface area (Å²) in [5.41, 5.74) is 0. The summed E-state index contributed by atoms with van der Waals surface area (Å²) in [7, 11) is 0. The van der Waals surface area contributed by atoms with E-state index >= 15 is 0 Å². The average Bonchev–Trinajstić information content (AvgIpc) is 2.19. The number of hydrogen-bond donors (Lipinski definition) is 0. The van der Waals surface area contributed by atoms with Crippen molar-refractivity contribution in [3.63, 3.8) is 0 Å². The van der Waals surface area contributed by atoms with Crippen LogP contribution >= 0.6 is 23.2 Å². The van der Waals surface area contributed by atoms with Gasteiger partial charge in [0.15, 0.2) is 0 Å². The predicted octanol–water partition coefficient (Wildman–Crippen LogP) is 4.56. The van der Waals surface area contributed by atoms with E-state index in [1.807, 2.05) is 12.1 Å². The second-order valence-corrected chi connectivity index (χ2v) is 3.89. The highest BCUT2D eigenvalue weighted by Gasteiger charge is 2.04. The van der Waals surface area contributed by atoms with Crippen LogP contribution in [0.3, 0.4) is 0 Å². The molecule has 1 nitrogen and oxygen atoms in total. The Bertz CT molecular complexity index is 287. The van der Waals surface area contributed by atoms with Crippen LogP contribution in [0.5, 0.6) is 5.75 Å². The fourth-order valence-electron chi connectivity index (χ4n) is 1.13. The van der Waals surface area contributed by atoms with Crippen LogP contribution in [0.25, 0.3) is 0 Å². The van der Waals surface area contributed by atoms with Crippen LogP contribution in [-0.4, -0.2) is 6.61 Å². The van der Waals surface area contributed by atoms with E-state index in [4.69, 9.17) is 27.9 Å². The van der Waals surface area contributed by atoms with Crippen LogP contribution in [0.15, 0.2) is 18.2 Å². The maximum atomic E-state index is 5.95. The van der Waals surface area contributed by atoms with Gasteiger partial charge in [0.05, 0.1) is 11.6 Å². The summed E-state index contributed by atoms with van der Waals surface area (Å²) in [5.74, 6) is 0.676. The number of benzene rings is 1. The van der Waals surface area contributed by atoms with Crippen molar-refractivity contribution in [2.45, 2.75) is 26.2 Å². The minimum atomic E-state index is 0.505. The van der Waals surface area contributed by atoms with Crippen molar-refractivity contribution in [3.05, 3.63) is 28.2 Å². The summed E-state index contributed by atoms with van der Waals surface area (Å²) >= 11 is 11.8. The van der Waals surface area contributed by atoms with Gasteiger partial charge in [0.2, 0.25) is 0 Å². The molecule has 0 saturated heterocycles. The number of ether oxygens (including phenoxy) is 1. The number of halogens is 2. The fourth-order valence-corrected chi connectivity index (χ4v) is 1.48. The summed E-state index contributed by atoms with van der Waals surface area (Å²) in [4.78, 5) is 0. The van der Waals surface area contributed by atoms with E-state index in [1.165, 1.54) is 12.8 Å². The smallest absolute Gasteiger partial charge is 0.139 e. The fraction of sp³-hybridized carbons (Fsp3) is 0.455. The molecule has 0 bridgehead atoms. The molecule has 0 aliphatic rings. The zero-order chi connectivity index (χ0) is 10.4. The highest BCUT2D eigenvalue weighted by molar-refractivity contribution is 6.42. The second-order valence-electron chi connectivity index (χ2n) is 3.11. The Morgan fingerprint density at radius 2 is 2.00 bits per heavy atom. The molecule has 1 rings (SSSR count). The van der Waals surface area contributed by atoms with Gasteiger partial charge >= 0.3 is 0 Å². The molecule has 0 saturated carbocycles. The van der Waals surface area contributed by atoms with Crippen molar-refractivity contribution in [1.82, 2.24) is 0 Å². The average molecular weight is 233 g/mol. The van der Waals surface area contributed by atoms with E-state index in [1.54, 1.807) is 6.07 Å². The summed E-state index contributed by atoms with van der Waals surface area (Å²) in [6, 6.07) is 5.42. The molecule has 0 aliphatic heterocycles. The quantitative estimate of drug-likeness (QED) is 0.677. The van der Waals surface area contributed by atoms with Gasteiger partial charge in [0.25, 0.3) is 0 Å². The van der Waals surface area contributed by atoms with Gasteiger partial charge in [0.1, 0.15) is 10.8 Å². The molecule has 0 unspecified atom stereocenters. The van der Waals surface area contributed by atoms with Crippen molar-refractivity contribution in [3.8, 4) is 5.75 Å². The van der Waals surface area contributed by atoms with Crippen LogP contribution < -0.4 is 4.74 Å². The van der Waals surface area contributed by atoms with Crippen molar-refractivity contribution in [1.29, 1.82) is 0 Å². The van der Waals surface area contributed by atoms with Gasteiger partial charge < -0.3 is 4.74 Å². The summed E-state index contributed by atoms with van der Waals surface area (Å²) < 4.78 is 5.50. The number of hydrogen-bond acceptors (Lipinski definition) is 1. The maximum absolute atomic E-state index is 5.95. The van der Waals surface area contributed by atoms with E-state index in [9.17, 15) is 0 Å². The number of rotatable bonds is 5. The first-order chi connectivity index (χ1) is 6.75. The molecule has 0 spiro atoms. The first-order valence-corrected chi connectivity index (χ1v) is 5.58. The predicted molar refractivity (Wildman–Crippen MR) is 61.5 cm³/mol. The molecule has 78 valence electrons. The normalized spacial score (nSPS) is 10.2. The molecule has 0 fully saturated rings. The van der Waals surface area contributed by atoms with E-state index in [2.05, 4.69) is 6.92 Å². The van der Waals surface area contributed by atoms with Gasteiger partial charge in [0, 0.05) is 0 Å². The van der Waals surface area contributed by atoms with Crippen LogP contribution in [0.2, 0.25) is 10.0 Å². The van der Waals surface area contributed by atoms with Crippen LogP contribution in [0, 0.1) is 0 Å². The van der Waals surface area contributed by atoms with Gasteiger partial charge in [-0.3, -0.25) is 0 Å². The Morgan fingerprint density at radius 3 is 2.71 bits per heavy atom. The minimum Gasteiger partial charge on any atom is -0.492 e. The molecule has 0 heterocycles. The third kappa shape index (κ3) is 3.39. The summed E-state index contributed by atoms with van der Waals surface area (Å²) in [6.07, 6.45) is 3.42. The Labute approximate surface area is 95.0 Å². The van der Waals surface area contributed by atoms with Gasteiger partial charge in [-0.1, -0.05) is 49.0 Å². The third-order valence-electron chi connectivity index (χ3n) is 1.92. The van der Waals surface area contributed by atoms with E-state index in [0.717, 1.165) is 6.42 Å². The Hall–Kier alpha value is -0.400. The first kappa shape index (κ1) is 11.7. The van der Waals surface area contributed by atoms with Crippen LogP contribution in [0.4, 0.5) is 0 Å². The van der Waals surface area contributed by atoms with E-state index < -0.39 is 0 Å². The number of unbranched alkanes of at least 4 members (excludes halogenated alkanes) is 2. The summed E-state index contributed by atoms with van der Waals surface area (Å²) in [6.45, 7) is 2.86. The molecule has 1 aromatic rings. The van der Waals surface area contributed by atoms with Crippen molar-refractivity contribution < 1.29 is 4.74 Å². The lowest BCUT2D eigenvalue weighted by Crippen LogP contribution is -1.97. The lowest BCUT2D eigenvalue weighted by Gasteiger charge is -2.07. The highest BCUT2D eigenvalue weighted by Crippen LogP contribution is 2.31. The minimum absolute atomic E-state index is 0.505. The highest BCUT2D eigenvalue weighted by atomic mass is 35.5. The molecule has 0 atom stereocenters. The van der Waals surface area contributed by atoms with Crippen LogP contribution in [0.1, 0.15) is 26.2 Å². The Balaban J connectivity index is 2.46. The maximum Gasteiger partial charge on any atom is 0.139 e. The molecule has 0 amide bonds. The van der Waals surface area contributed by atoms with Gasteiger partial charge in [-0.15, -0.1) is 0 Å². The Morgan fingerprint density at radius 1 is 1.21 bits per heavy atom. The standard InChI is InChI=1S/C11H14Cl2O/c1-2-3-4-8-14-10-7-5-6-9(12)11(10)13/h5-7H,2-4,8H2,1H3. The van der Waals surface area contributed by atoms with Crippen molar-refractivity contribution >= 4 is 23.2 Å². The monoisotopic (exact) mass is 232 g/mol. The zero-order valence-corrected chi connectivity index (χ0v) is 9.74. The second kappa shape index (κ2) is 6.15. The molecule has 0 N–H and O–H groups in total.